The summed E-state index contributed by atoms with van der Waals surface area (Å²) < 4.78 is 1.92. The third-order valence-electron chi connectivity index (χ3n) is 4.66. The van der Waals surface area contributed by atoms with E-state index in [1.165, 1.54) is 12.8 Å². The number of nitrogens with zero attached hydrogens (tertiary/aromatic N) is 2. The van der Waals surface area contributed by atoms with E-state index in [2.05, 4.69) is 25.9 Å². The van der Waals surface area contributed by atoms with Gasteiger partial charge in [0.05, 0.1) is 22.5 Å². The number of aliphatic hydroxyl groups excluding tert-OH is 1. The van der Waals surface area contributed by atoms with Crippen molar-refractivity contribution in [2.75, 3.05) is 0 Å². The van der Waals surface area contributed by atoms with Gasteiger partial charge in [0.25, 0.3) is 0 Å². The number of aryl methyl sites for hydroxylation is 2. The molecule has 1 fully saturated rings. The summed E-state index contributed by atoms with van der Waals surface area (Å²) in [6.45, 7) is 9.29. The smallest absolute Gasteiger partial charge is 0.0848 e. The maximum Gasteiger partial charge on any atom is 0.0848 e. The summed E-state index contributed by atoms with van der Waals surface area (Å²) in [4.78, 5) is 0. The van der Waals surface area contributed by atoms with E-state index < -0.39 is 0 Å². The topological polar surface area (TPSA) is 38.0 Å². The van der Waals surface area contributed by atoms with Crippen LogP contribution >= 0.6 is 11.6 Å². The molecular weight excluding hydrogens is 260 g/mol. The second-order valence-electron chi connectivity index (χ2n) is 6.42. The zero-order chi connectivity index (χ0) is 14.2. The Hall–Kier alpha value is -0.540. The first-order valence-electron chi connectivity index (χ1n) is 7.26. The molecule has 1 aliphatic carbocycles. The number of halogens is 1. The standard InChI is InChI=1S/C15H25ClN2O/c1-5-18-12(14(16)10(2)17-18)9-13(19)11-7-6-8-15(11,3)4/h11,13,19H,5-9H2,1-4H3. The highest BCUT2D eigenvalue weighted by molar-refractivity contribution is 6.31. The van der Waals surface area contributed by atoms with Crippen molar-refractivity contribution in [3.05, 3.63) is 16.4 Å². The van der Waals surface area contributed by atoms with Gasteiger partial charge in [0.1, 0.15) is 0 Å². The minimum Gasteiger partial charge on any atom is -0.392 e. The first-order chi connectivity index (χ1) is 8.86. The molecule has 2 rings (SSSR count). The average Bonchev–Trinajstić information content (AvgIpc) is 2.83. The lowest BCUT2D eigenvalue weighted by Gasteiger charge is -2.31. The van der Waals surface area contributed by atoms with Crippen LogP contribution in [0.3, 0.4) is 0 Å². The normalized spacial score (nSPS) is 23.8. The SMILES string of the molecule is CCn1nc(C)c(Cl)c1CC(O)C1CCCC1(C)C. The number of aliphatic hydroxyl groups is 1. The van der Waals surface area contributed by atoms with Crippen LogP contribution in [-0.2, 0) is 13.0 Å². The quantitative estimate of drug-likeness (QED) is 0.917. The molecule has 0 saturated heterocycles. The lowest BCUT2D eigenvalue weighted by Crippen LogP contribution is -2.32. The van der Waals surface area contributed by atoms with Gasteiger partial charge in [-0.05, 0) is 38.0 Å². The van der Waals surface area contributed by atoms with Crippen LogP contribution in [-0.4, -0.2) is 21.0 Å². The Balaban J connectivity index is 2.17. The van der Waals surface area contributed by atoms with Gasteiger partial charge in [-0.3, -0.25) is 4.68 Å². The summed E-state index contributed by atoms with van der Waals surface area (Å²) in [5.41, 5.74) is 2.08. The van der Waals surface area contributed by atoms with E-state index >= 15 is 0 Å². The van der Waals surface area contributed by atoms with Crippen molar-refractivity contribution in [3.63, 3.8) is 0 Å². The van der Waals surface area contributed by atoms with E-state index in [0.29, 0.717) is 12.3 Å². The van der Waals surface area contributed by atoms with Crippen molar-refractivity contribution in [3.8, 4) is 0 Å². The van der Waals surface area contributed by atoms with Gasteiger partial charge in [-0.2, -0.15) is 5.10 Å². The van der Waals surface area contributed by atoms with Gasteiger partial charge < -0.3 is 5.11 Å². The molecule has 1 aromatic rings. The van der Waals surface area contributed by atoms with E-state index in [4.69, 9.17) is 11.6 Å². The van der Waals surface area contributed by atoms with Crippen molar-refractivity contribution in [1.82, 2.24) is 9.78 Å². The zero-order valence-corrected chi connectivity index (χ0v) is 13.2. The first-order valence-corrected chi connectivity index (χ1v) is 7.64. The molecule has 0 spiro atoms. The van der Waals surface area contributed by atoms with E-state index in [1.54, 1.807) is 0 Å². The molecule has 1 heterocycles. The van der Waals surface area contributed by atoms with Crippen LogP contribution in [0, 0.1) is 18.3 Å². The van der Waals surface area contributed by atoms with Crippen LogP contribution in [0.5, 0.6) is 0 Å². The molecule has 0 amide bonds. The summed E-state index contributed by atoms with van der Waals surface area (Å²) >= 11 is 6.32. The summed E-state index contributed by atoms with van der Waals surface area (Å²) in [5, 5.41) is 15.7. The minimum atomic E-state index is -0.323. The van der Waals surface area contributed by atoms with Crippen LogP contribution in [0.2, 0.25) is 5.02 Å². The first kappa shape index (κ1) is 14.9. The van der Waals surface area contributed by atoms with Crippen LogP contribution < -0.4 is 0 Å². The molecule has 1 saturated carbocycles. The molecule has 4 heteroatoms. The largest absolute Gasteiger partial charge is 0.392 e. The van der Waals surface area contributed by atoms with Gasteiger partial charge in [0, 0.05) is 13.0 Å². The number of rotatable bonds is 4. The van der Waals surface area contributed by atoms with Gasteiger partial charge in [-0.15, -0.1) is 0 Å². The Morgan fingerprint density at radius 1 is 1.53 bits per heavy atom. The van der Waals surface area contributed by atoms with Crippen molar-refractivity contribution < 1.29 is 5.11 Å². The molecular formula is C15H25ClN2O. The molecule has 1 N–H and O–H groups in total. The molecule has 1 aromatic heterocycles. The van der Waals surface area contributed by atoms with E-state index in [1.807, 2.05) is 11.6 Å². The second kappa shape index (κ2) is 5.45. The lowest BCUT2D eigenvalue weighted by molar-refractivity contribution is 0.0528. The van der Waals surface area contributed by atoms with Crippen LogP contribution in [0.1, 0.15) is 51.4 Å². The fourth-order valence-corrected chi connectivity index (χ4v) is 3.68. The Labute approximate surface area is 121 Å². The number of aromatic nitrogens is 2. The molecule has 0 bridgehead atoms. The van der Waals surface area contributed by atoms with E-state index in [-0.39, 0.29) is 11.5 Å². The number of hydrogen-bond acceptors (Lipinski definition) is 2. The van der Waals surface area contributed by atoms with Gasteiger partial charge in [-0.25, -0.2) is 0 Å². The monoisotopic (exact) mass is 284 g/mol. The molecule has 2 atom stereocenters. The lowest BCUT2D eigenvalue weighted by atomic mass is 9.77. The molecule has 19 heavy (non-hydrogen) atoms. The number of hydrogen-bond donors (Lipinski definition) is 1. The molecule has 0 aliphatic heterocycles. The highest BCUT2D eigenvalue weighted by atomic mass is 35.5. The molecule has 3 nitrogen and oxygen atoms in total. The van der Waals surface area contributed by atoms with Crippen molar-refractivity contribution in [2.24, 2.45) is 11.3 Å². The van der Waals surface area contributed by atoms with Crippen LogP contribution in [0.25, 0.3) is 0 Å². The van der Waals surface area contributed by atoms with Gasteiger partial charge >= 0.3 is 0 Å². The summed E-state index contributed by atoms with van der Waals surface area (Å²) in [7, 11) is 0. The van der Waals surface area contributed by atoms with Gasteiger partial charge in [0.15, 0.2) is 0 Å². The average molecular weight is 285 g/mol. The molecule has 108 valence electrons. The fraction of sp³-hybridized carbons (Fsp3) is 0.800. The maximum atomic E-state index is 10.6. The summed E-state index contributed by atoms with van der Waals surface area (Å²) in [6, 6.07) is 0. The second-order valence-corrected chi connectivity index (χ2v) is 6.80. The zero-order valence-electron chi connectivity index (χ0n) is 12.4. The van der Waals surface area contributed by atoms with Crippen LogP contribution in [0.4, 0.5) is 0 Å². The third kappa shape index (κ3) is 2.82. The fourth-order valence-electron chi connectivity index (χ4n) is 3.47. The van der Waals surface area contributed by atoms with Gasteiger partial charge in [-0.1, -0.05) is 31.9 Å². The molecule has 1 aliphatic rings. The predicted molar refractivity (Wildman–Crippen MR) is 78.5 cm³/mol. The Morgan fingerprint density at radius 2 is 2.21 bits per heavy atom. The van der Waals surface area contributed by atoms with Crippen molar-refractivity contribution >= 4 is 11.6 Å². The maximum absolute atomic E-state index is 10.6. The summed E-state index contributed by atoms with van der Waals surface area (Å²) in [6.07, 6.45) is 3.83. The molecule has 0 aromatic carbocycles. The van der Waals surface area contributed by atoms with Crippen molar-refractivity contribution in [1.29, 1.82) is 0 Å². The highest BCUT2D eigenvalue weighted by Crippen LogP contribution is 2.45. The highest BCUT2D eigenvalue weighted by Gasteiger charge is 2.39. The van der Waals surface area contributed by atoms with E-state index in [9.17, 15) is 5.11 Å². The Kier molecular flexibility index (Phi) is 4.26. The Morgan fingerprint density at radius 3 is 2.74 bits per heavy atom. The Bertz CT molecular complexity index is 453. The predicted octanol–water partition coefficient (Wildman–Crippen LogP) is 3.59. The third-order valence-corrected chi connectivity index (χ3v) is 5.15. The van der Waals surface area contributed by atoms with E-state index in [0.717, 1.165) is 29.4 Å². The summed E-state index contributed by atoms with van der Waals surface area (Å²) in [5.74, 6) is 0.365. The van der Waals surface area contributed by atoms with Gasteiger partial charge in [0.2, 0.25) is 0 Å². The molecule has 0 radical (unpaired) electrons. The minimum absolute atomic E-state index is 0.234. The van der Waals surface area contributed by atoms with Crippen molar-refractivity contribution in [2.45, 2.75) is 66.0 Å². The molecule has 2 unspecified atom stereocenters. The van der Waals surface area contributed by atoms with Crippen LogP contribution in [0.15, 0.2) is 0 Å².